The number of para-hydroxylation sites is 2. The van der Waals surface area contributed by atoms with Crippen molar-refractivity contribution >= 4 is 11.7 Å². The van der Waals surface area contributed by atoms with Gasteiger partial charge >= 0.3 is 0 Å². The number of pyridine rings is 1. The number of aromatic nitrogens is 1. The number of nitrogens with one attached hydrogen (secondary N) is 1. The van der Waals surface area contributed by atoms with E-state index in [1.54, 1.807) is 24.3 Å². The van der Waals surface area contributed by atoms with Gasteiger partial charge in [0.25, 0.3) is 5.91 Å². The average Bonchev–Trinajstić information content (AvgIpc) is 2.68. The largest absolute Gasteiger partial charge is 0.504 e. The molecule has 26 heavy (non-hydrogen) atoms. The van der Waals surface area contributed by atoms with Crippen molar-refractivity contribution in [2.24, 2.45) is 0 Å². The first kappa shape index (κ1) is 17.3. The van der Waals surface area contributed by atoms with E-state index in [0.717, 1.165) is 5.56 Å². The molecule has 0 atom stereocenters. The smallest absolute Gasteiger partial charge is 0.263 e. The van der Waals surface area contributed by atoms with E-state index in [0.29, 0.717) is 18.1 Å². The molecule has 0 saturated carbocycles. The van der Waals surface area contributed by atoms with Crippen molar-refractivity contribution in [3.05, 3.63) is 78.5 Å². The van der Waals surface area contributed by atoms with E-state index in [-0.39, 0.29) is 18.2 Å². The topological polar surface area (TPSA) is 80.7 Å². The summed E-state index contributed by atoms with van der Waals surface area (Å²) in [4.78, 5) is 15.9. The fraction of sp³-hybridized carbons (Fsp3) is 0.100. The maximum absolute atomic E-state index is 12.0. The Morgan fingerprint density at radius 2 is 1.62 bits per heavy atom. The number of rotatable bonds is 7. The summed E-state index contributed by atoms with van der Waals surface area (Å²) in [5.41, 5.74) is 1.03. The number of carbonyl (C=O) groups is 1. The van der Waals surface area contributed by atoms with E-state index in [2.05, 4.69) is 10.3 Å². The van der Waals surface area contributed by atoms with Crippen LogP contribution in [0.2, 0.25) is 0 Å². The lowest BCUT2D eigenvalue weighted by molar-refractivity contribution is -0.118. The summed E-state index contributed by atoms with van der Waals surface area (Å²) in [5.74, 6) is 0.563. The van der Waals surface area contributed by atoms with E-state index < -0.39 is 5.91 Å². The van der Waals surface area contributed by atoms with Gasteiger partial charge in [0.2, 0.25) is 0 Å². The van der Waals surface area contributed by atoms with Crippen LogP contribution in [0.1, 0.15) is 5.56 Å². The number of ether oxygens (including phenoxy) is 2. The summed E-state index contributed by atoms with van der Waals surface area (Å²) in [5, 5.41) is 12.1. The lowest BCUT2D eigenvalue weighted by Gasteiger charge is -2.13. The van der Waals surface area contributed by atoms with E-state index in [4.69, 9.17) is 9.47 Å². The van der Waals surface area contributed by atoms with Gasteiger partial charge in [-0.2, -0.15) is 0 Å². The highest BCUT2D eigenvalue weighted by Gasteiger charge is 2.10. The zero-order valence-corrected chi connectivity index (χ0v) is 14.0. The predicted octanol–water partition coefficient (Wildman–Crippen LogP) is 3.38. The Morgan fingerprint density at radius 3 is 2.35 bits per heavy atom. The minimum absolute atomic E-state index is 0.0923. The van der Waals surface area contributed by atoms with Gasteiger partial charge in [-0.3, -0.25) is 4.79 Å². The van der Waals surface area contributed by atoms with Crippen LogP contribution in [-0.2, 0) is 11.4 Å². The van der Waals surface area contributed by atoms with Crippen LogP contribution in [0.3, 0.4) is 0 Å². The Bertz CT molecular complexity index is 868. The number of carbonyl (C=O) groups excluding carboxylic acids is 1. The molecule has 3 rings (SSSR count). The van der Waals surface area contributed by atoms with E-state index >= 15 is 0 Å². The van der Waals surface area contributed by atoms with E-state index in [9.17, 15) is 9.90 Å². The molecule has 6 nitrogen and oxygen atoms in total. The van der Waals surface area contributed by atoms with Crippen LogP contribution in [-0.4, -0.2) is 22.6 Å². The second-order valence-corrected chi connectivity index (χ2v) is 5.43. The quantitative estimate of drug-likeness (QED) is 0.683. The molecular formula is C20H18N2O4. The first-order valence-corrected chi connectivity index (χ1v) is 8.05. The summed E-state index contributed by atoms with van der Waals surface area (Å²) >= 11 is 0. The van der Waals surface area contributed by atoms with Gasteiger partial charge in [0.05, 0.1) is 0 Å². The fourth-order valence-corrected chi connectivity index (χ4v) is 2.23. The third-order valence-corrected chi connectivity index (χ3v) is 3.49. The molecule has 3 aromatic rings. The van der Waals surface area contributed by atoms with Crippen molar-refractivity contribution in [1.82, 2.24) is 4.98 Å². The van der Waals surface area contributed by atoms with Crippen LogP contribution in [0, 0.1) is 0 Å². The molecule has 0 bridgehead atoms. The standard InChI is InChI=1S/C20H18N2O4/c23-16-9-6-12-21-20(16)22-19(24)14-26-18-11-5-4-10-17(18)25-13-15-7-2-1-3-8-15/h1-12,23H,13-14H2,(H,21,22,24). The highest BCUT2D eigenvalue weighted by atomic mass is 16.5. The molecule has 0 aliphatic carbocycles. The number of nitrogens with zero attached hydrogens (tertiary/aromatic N) is 1. The second-order valence-electron chi connectivity index (χ2n) is 5.43. The maximum atomic E-state index is 12.0. The maximum Gasteiger partial charge on any atom is 0.263 e. The summed E-state index contributed by atoms with van der Waals surface area (Å²) in [6.45, 7) is 0.164. The van der Waals surface area contributed by atoms with Gasteiger partial charge in [-0.25, -0.2) is 4.98 Å². The highest BCUT2D eigenvalue weighted by molar-refractivity contribution is 5.92. The molecule has 0 saturated heterocycles. The van der Waals surface area contributed by atoms with Crippen LogP contribution >= 0.6 is 0 Å². The van der Waals surface area contributed by atoms with Gasteiger partial charge in [0.1, 0.15) is 6.61 Å². The molecule has 2 N–H and O–H groups in total. The Hall–Kier alpha value is -3.54. The monoisotopic (exact) mass is 350 g/mol. The molecule has 0 unspecified atom stereocenters. The van der Waals surface area contributed by atoms with Gasteiger partial charge in [-0.05, 0) is 29.8 Å². The number of anilines is 1. The number of benzene rings is 2. The first-order valence-electron chi connectivity index (χ1n) is 8.05. The van der Waals surface area contributed by atoms with Gasteiger partial charge in [-0.15, -0.1) is 0 Å². The SMILES string of the molecule is O=C(COc1ccccc1OCc1ccccc1)Nc1ncccc1O. The van der Waals surface area contributed by atoms with Crippen LogP contribution in [0.4, 0.5) is 5.82 Å². The van der Waals surface area contributed by atoms with Crippen LogP contribution in [0.25, 0.3) is 0 Å². The van der Waals surface area contributed by atoms with Crippen LogP contribution in [0.5, 0.6) is 17.2 Å². The highest BCUT2D eigenvalue weighted by Crippen LogP contribution is 2.27. The summed E-state index contributed by atoms with van der Waals surface area (Å²) in [7, 11) is 0. The molecule has 0 fully saturated rings. The third-order valence-electron chi connectivity index (χ3n) is 3.49. The predicted molar refractivity (Wildman–Crippen MR) is 97.2 cm³/mol. The molecule has 0 spiro atoms. The van der Waals surface area contributed by atoms with Crippen molar-refractivity contribution in [2.75, 3.05) is 11.9 Å². The van der Waals surface area contributed by atoms with Gasteiger partial charge in [0.15, 0.2) is 29.7 Å². The molecular weight excluding hydrogens is 332 g/mol. The molecule has 6 heteroatoms. The molecule has 2 aromatic carbocycles. The third kappa shape index (κ3) is 4.73. The number of amides is 1. The second kappa shape index (κ2) is 8.53. The Kier molecular flexibility index (Phi) is 5.67. The molecule has 0 radical (unpaired) electrons. The molecule has 0 aliphatic heterocycles. The van der Waals surface area contributed by atoms with Crippen molar-refractivity contribution < 1.29 is 19.4 Å². The van der Waals surface area contributed by atoms with Crippen molar-refractivity contribution in [3.63, 3.8) is 0 Å². The summed E-state index contributed by atoms with van der Waals surface area (Å²) in [6.07, 6.45) is 1.48. The average molecular weight is 350 g/mol. The van der Waals surface area contributed by atoms with Gasteiger partial charge < -0.3 is 19.9 Å². The van der Waals surface area contributed by atoms with Crippen molar-refractivity contribution in [3.8, 4) is 17.2 Å². The zero-order chi connectivity index (χ0) is 18.2. The van der Waals surface area contributed by atoms with Gasteiger partial charge in [-0.1, -0.05) is 42.5 Å². The normalized spacial score (nSPS) is 10.2. The molecule has 0 aliphatic rings. The minimum atomic E-state index is -0.433. The molecule has 1 heterocycles. The van der Waals surface area contributed by atoms with Crippen LogP contribution in [0.15, 0.2) is 72.9 Å². The zero-order valence-electron chi connectivity index (χ0n) is 14.0. The van der Waals surface area contributed by atoms with Crippen molar-refractivity contribution in [2.45, 2.75) is 6.61 Å². The fourth-order valence-electron chi connectivity index (χ4n) is 2.23. The lowest BCUT2D eigenvalue weighted by Crippen LogP contribution is -2.21. The van der Waals surface area contributed by atoms with Gasteiger partial charge in [0, 0.05) is 6.20 Å². The number of hydrogen-bond acceptors (Lipinski definition) is 5. The van der Waals surface area contributed by atoms with E-state index in [1.807, 2.05) is 36.4 Å². The van der Waals surface area contributed by atoms with Crippen molar-refractivity contribution in [1.29, 1.82) is 0 Å². The first-order chi connectivity index (χ1) is 12.7. The Balaban J connectivity index is 1.58. The molecule has 132 valence electrons. The van der Waals surface area contributed by atoms with E-state index in [1.165, 1.54) is 12.3 Å². The Labute approximate surface area is 151 Å². The summed E-state index contributed by atoms with van der Waals surface area (Å²) in [6, 6.07) is 19.9. The number of hydrogen-bond donors (Lipinski definition) is 2. The van der Waals surface area contributed by atoms with Crippen LogP contribution < -0.4 is 14.8 Å². The Morgan fingerprint density at radius 1 is 0.923 bits per heavy atom. The molecule has 1 aromatic heterocycles. The molecule has 1 amide bonds. The number of aromatic hydroxyl groups is 1. The minimum Gasteiger partial charge on any atom is -0.504 e. The lowest BCUT2D eigenvalue weighted by atomic mass is 10.2. The summed E-state index contributed by atoms with van der Waals surface area (Å²) < 4.78 is 11.3.